The summed E-state index contributed by atoms with van der Waals surface area (Å²) in [6.07, 6.45) is 10.7. The molecule has 1 aromatic carbocycles. The Labute approximate surface area is 221 Å². The van der Waals surface area contributed by atoms with Crippen molar-refractivity contribution in [3.63, 3.8) is 0 Å². The molecule has 0 bridgehead atoms. The first-order chi connectivity index (χ1) is 18.4. The van der Waals surface area contributed by atoms with E-state index in [2.05, 4.69) is 56.4 Å². The van der Waals surface area contributed by atoms with E-state index in [0.717, 1.165) is 41.6 Å². The van der Waals surface area contributed by atoms with Gasteiger partial charge in [0.1, 0.15) is 29.7 Å². The number of ether oxygens (including phenoxy) is 2. The van der Waals surface area contributed by atoms with E-state index in [9.17, 15) is 0 Å². The highest BCUT2D eigenvalue weighted by atomic mass is 16.8. The molecule has 8 heteroatoms. The Bertz CT molecular complexity index is 1560. The summed E-state index contributed by atoms with van der Waals surface area (Å²) in [5.74, 6) is 1.40. The van der Waals surface area contributed by atoms with Crippen molar-refractivity contribution < 1.29 is 9.47 Å². The average molecular weight is 511 g/mol. The van der Waals surface area contributed by atoms with E-state index in [0.29, 0.717) is 17.8 Å². The third-order valence-corrected chi connectivity index (χ3v) is 9.58. The zero-order valence-electron chi connectivity index (χ0n) is 21.9. The van der Waals surface area contributed by atoms with E-state index in [1.54, 1.807) is 6.33 Å². The molecule has 5 atom stereocenters. The van der Waals surface area contributed by atoms with Crippen LogP contribution in [0.2, 0.25) is 0 Å². The van der Waals surface area contributed by atoms with Crippen LogP contribution in [0.1, 0.15) is 57.6 Å². The molecule has 196 valence electrons. The van der Waals surface area contributed by atoms with Crippen molar-refractivity contribution in [1.29, 1.82) is 0 Å². The minimum atomic E-state index is -0.595. The Morgan fingerprint density at radius 3 is 2.82 bits per heavy atom. The maximum Gasteiger partial charge on any atom is 0.163 e. The van der Waals surface area contributed by atoms with E-state index in [4.69, 9.17) is 20.2 Å². The maximum absolute atomic E-state index is 6.61. The number of fused-ring (bicyclic) bond motifs is 5. The molecule has 1 aliphatic heterocycles. The van der Waals surface area contributed by atoms with Gasteiger partial charge in [0.25, 0.3) is 0 Å². The number of hydrogen-bond donors (Lipinski definition) is 2. The van der Waals surface area contributed by atoms with Crippen molar-refractivity contribution in [1.82, 2.24) is 19.5 Å². The van der Waals surface area contributed by atoms with E-state index in [1.807, 2.05) is 19.9 Å². The van der Waals surface area contributed by atoms with E-state index in [1.165, 1.54) is 30.2 Å². The number of pyridine rings is 1. The molecular weight excluding hydrogens is 476 g/mol. The fraction of sp³-hybridized carbons (Fsp3) is 0.500. The zero-order valence-corrected chi connectivity index (χ0v) is 21.9. The van der Waals surface area contributed by atoms with Gasteiger partial charge in [-0.3, -0.25) is 0 Å². The normalized spacial score (nSPS) is 31.3. The van der Waals surface area contributed by atoms with Crippen LogP contribution in [0.3, 0.4) is 0 Å². The SMILES string of the molecule is CC1(C)O[C@H]2[C@H](n3ccc4c(N)ncnc43)[C@H]3C[C@@]3(CCc3ccc4ccc(NC5CCC5)nc4c3)[C@H]2O1. The number of nitrogens with two attached hydrogens (primary N) is 1. The predicted molar refractivity (Wildman–Crippen MR) is 147 cm³/mol. The number of anilines is 2. The van der Waals surface area contributed by atoms with Crippen LogP contribution in [-0.4, -0.2) is 43.6 Å². The van der Waals surface area contributed by atoms with Crippen LogP contribution in [-0.2, 0) is 15.9 Å². The fourth-order valence-corrected chi connectivity index (χ4v) is 7.40. The molecule has 38 heavy (non-hydrogen) atoms. The van der Waals surface area contributed by atoms with Crippen LogP contribution >= 0.6 is 0 Å². The molecule has 3 N–H and O–H groups in total. The first-order valence-electron chi connectivity index (χ1n) is 14.0. The average Bonchev–Trinajstić information content (AvgIpc) is 3.13. The number of aryl methyl sites for hydroxylation is 1. The van der Waals surface area contributed by atoms with Crippen LogP contribution in [0.4, 0.5) is 11.6 Å². The van der Waals surface area contributed by atoms with Gasteiger partial charge in [-0.15, -0.1) is 0 Å². The molecule has 4 fully saturated rings. The standard InChI is InChI=1S/C30H34N6O2/c1-29(2)37-25-24(36-13-11-20-27(31)32-16-33-28(20)36)21-15-30(21,26(25)38-29)12-10-17-6-7-18-8-9-23(35-22(18)14-17)34-19-4-3-5-19/h6-9,11,13-14,16,19,21,24-26H,3-5,10,12,15H2,1-2H3,(H,34,35)(H2,31,32,33)/t21-,24-,25+,26+,30-/m1/s1. The van der Waals surface area contributed by atoms with Crippen molar-refractivity contribution in [3.8, 4) is 0 Å². The van der Waals surface area contributed by atoms with Gasteiger partial charge in [0.15, 0.2) is 5.79 Å². The molecule has 8 rings (SSSR count). The largest absolute Gasteiger partial charge is 0.383 e. The summed E-state index contributed by atoms with van der Waals surface area (Å²) >= 11 is 0. The molecule has 3 saturated carbocycles. The molecule has 4 aliphatic rings. The first kappa shape index (κ1) is 22.7. The smallest absolute Gasteiger partial charge is 0.163 e. The molecule has 8 nitrogen and oxygen atoms in total. The second kappa shape index (κ2) is 7.90. The summed E-state index contributed by atoms with van der Waals surface area (Å²) in [6.45, 7) is 4.07. The lowest BCUT2D eigenvalue weighted by molar-refractivity contribution is -0.161. The van der Waals surface area contributed by atoms with Gasteiger partial charge in [-0.1, -0.05) is 12.1 Å². The fourth-order valence-electron chi connectivity index (χ4n) is 7.40. The summed E-state index contributed by atoms with van der Waals surface area (Å²) in [4.78, 5) is 13.7. The number of benzene rings is 1. The molecule has 1 saturated heterocycles. The number of nitrogens with one attached hydrogen (secondary N) is 1. The van der Waals surface area contributed by atoms with Crippen molar-refractivity contribution >= 4 is 33.6 Å². The lowest BCUT2D eigenvalue weighted by atomic mass is 9.91. The monoisotopic (exact) mass is 510 g/mol. The van der Waals surface area contributed by atoms with E-state index < -0.39 is 5.79 Å². The van der Waals surface area contributed by atoms with E-state index >= 15 is 0 Å². The summed E-state index contributed by atoms with van der Waals surface area (Å²) in [5.41, 5.74) is 9.53. The number of rotatable bonds is 6. The van der Waals surface area contributed by atoms with Gasteiger partial charge in [0.05, 0.1) is 23.0 Å². The highest BCUT2D eigenvalue weighted by Gasteiger charge is 2.75. The number of aromatic nitrogens is 4. The second-order valence-electron chi connectivity index (χ2n) is 12.3. The molecule has 0 amide bonds. The van der Waals surface area contributed by atoms with Crippen LogP contribution in [0.5, 0.6) is 0 Å². The summed E-state index contributed by atoms with van der Waals surface area (Å²) in [6, 6.07) is 13.8. The van der Waals surface area contributed by atoms with Crippen LogP contribution in [0, 0.1) is 11.3 Å². The van der Waals surface area contributed by atoms with Gasteiger partial charge < -0.3 is 25.1 Å². The molecule has 3 aromatic heterocycles. The molecule has 0 radical (unpaired) electrons. The van der Waals surface area contributed by atoms with Crippen molar-refractivity contribution in [2.75, 3.05) is 11.1 Å². The Kier molecular flexibility index (Phi) is 4.72. The minimum absolute atomic E-state index is 0.00560. The Balaban J connectivity index is 1.07. The highest BCUT2D eigenvalue weighted by Crippen LogP contribution is 2.73. The molecule has 3 aliphatic carbocycles. The second-order valence-corrected chi connectivity index (χ2v) is 12.3. The van der Waals surface area contributed by atoms with E-state index in [-0.39, 0.29) is 23.7 Å². The zero-order chi connectivity index (χ0) is 25.6. The number of nitrogen functional groups attached to an aromatic ring is 1. The van der Waals surface area contributed by atoms with Gasteiger partial charge in [-0.2, -0.15) is 0 Å². The van der Waals surface area contributed by atoms with Crippen molar-refractivity contribution in [3.05, 3.63) is 54.5 Å². The van der Waals surface area contributed by atoms with Crippen LogP contribution in [0.15, 0.2) is 48.9 Å². The Hall–Kier alpha value is -3.23. The van der Waals surface area contributed by atoms with Crippen LogP contribution in [0.25, 0.3) is 21.9 Å². The predicted octanol–water partition coefficient (Wildman–Crippen LogP) is 5.24. The molecule has 0 unspecified atom stereocenters. The quantitative estimate of drug-likeness (QED) is 0.366. The highest BCUT2D eigenvalue weighted by molar-refractivity contribution is 5.86. The van der Waals surface area contributed by atoms with Gasteiger partial charge >= 0.3 is 0 Å². The van der Waals surface area contributed by atoms with Gasteiger partial charge in [0.2, 0.25) is 0 Å². The lowest BCUT2D eigenvalue weighted by Crippen LogP contribution is -2.32. The summed E-state index contributed by atoms with van der Waals surface area (Å²) in [5, 5.41) is 5.67. The maximum atomic E-state index is 6.61. The third-order valence-electron chi connectivity index (χ3n) is 9.58. The van der Waals surface area contributed by atoms with Crippen molar-refractivity contribution in [2.24, 2.45) is 11.3 Å². The molecular formula is C30H34N6O2. The Morgan fingerprint density at radius 2 is 1.97 bits per heavy atom. The molecule has 4 aromatic rings. The topological polar surface area (TPSA) is 100 Å². The van der Waals surface area contributed by atoms with Gasteiger partial charge in [-0.05, 0) is 88.1 Å². The minimum Gasteiger partial charge on any atom is -0.383 e. The lowest BCUT2D eigenvalue weighted by Gasteiger charge is -2.27. The third kappa shape index (κ3) is 3.39. The van der Waals surface area contributed by atoms with Gasteiger partial charge in [0, 0.05) is 23.0 Å². The first-order valence-corrected chi connectivity index (χ1v) is 14.0. The van der Waals surface area contributed by atoms with Crippen molar-refractivity contribution in [2.45, 2.75) is 82.5 Å². The summed E-state index contributed by atoms with van der Waals surface area (Å²) in [7, 11) is 0. The Morgan fingerprint density at radius 1 is 1.11 bits per heavy atom. The summed E-state index contributed by atoms with van der Waals surface area (Å²) < 4.78 is 15.4. The van der Waals surface area contributed by atoms with Crippen LogP contribution < -0.4 is 11.1 Å². The number of nitrogens with zero attached hydrogens (tertiary/aromatic N) is 4. The number of hydrogen-bond acceptors (Lipinski definition) is 7. The van der Waals surface area contributed by atoms with Gasteiger partial charge in [-0.25, -0.2) is 15.0 Å². The molecule has 0 spiro atoms. The molecule has 4 heterocycles.